The molecular formula is C28H48O3. The van der Waals surface area contributed by atoms with Crippen LogP contribution < -0.4 is 0 Å². The number of aromatic hydroxyl groups is 1. The van der Waals surface area contributed by atoms with Crippen molar-refractivity contribution in [2.24, 2.45) is 5.92 Å². The van der Waals surface area contributed by atoms with Gasteiger partial charge in [0.1, 0.15) is 5.75 Å². The van der Waals surface area contributed by atoms with Gasteiger partial charge >= 0.3 is 5.97 Å². The molecule has 0 heterocycles. The van der Waals surface area contributed by atoms with Gasteiger partial charge in [-0.1, -0.05) is 117 Å². The number of rotatable bonds is 17. The summed E-state index contributed by atoms with van der Waals surface area (Å²) in [6.45, 7) is 10.5. The average molecular weight is 433 g/mol. The van der Waals surface area contributed by atoms with Gasteiger partial charge in [0.15, 0.2) is 0 Å². The van der Waals surface area contributed by atoms with Crippen molar-refractivity contribution in [3.8, 4) is 5.75 Å². The monoisotopic (exact) mass is 432 g/mol. The fraction of sp³-hybridized carbons (Fsp3) is 0.750. The highest BCUT2D eigenvalue weighted by atomic mass is 16.4. The van der Waals surface area contributed by atoms with Crippen LogP contribution in [-0.2, 0) is 11.2 Å². The van der Waals surface area contributed by atoms with Crippen LogP contribution in [-0.4, -0.2) is 16.2 Å². The number of phenolic OH excluding ortho intramolecular Hbond substituents is 1. The zero-order chi connectivity index (χ0) is 23.2. The van der Waals surface area contributed by atoms with Crippen molar-refractivity contribution in [1.29, 1.82) is 0 Å². The number of hydrogen-bond donors (Lipinski definition) is 2. The molecule has 31 heavy (non-hydrogen) atoms. The summed E-state index contributed by atoms with van der Waals surface area (Å²) in [5.41, 5.74) is 2.90. The summed E-state index contributed by atoms with van der Waals surface area (Å²) in [6, 6.07) is 4.03. The Kier molecular flexibility index (Phi) is 13.6. The summed E-state index contributed by atoms with van der Waals surface area (Å²) in [5, 5.41) is 20.4. The minimum atomic E-state index is -0.697. The number of hydrogen-bond acceptors (Lipinski definition) is 2. The third-order valence-electron chi connectivity index (χ3n) is 6.46. The Morgan fingerprint density at radius 1 is 0.774 bits per heavy atom. The van der Waals surface area contributed by atoms with Gasteiger partial charge in [-0.2, -0.15) is 0 Å². The molecule has 0 saturated heterocycles. The highest BCUT2D eigenvalue weighted by Gasteiger charge is 2.21. The predicted molar refractivity (Wildman–Crippen MR) is 132 cm³/mol. The standard InChI is InChI=1S/C28H48O3/c1-6-7-8-9-10-11-12-13-14-15-16-17-24(28(30)31)18-23-19-25(21(2)3)27(29)26(20-23)22(4)5/h19-22,24,29H,6-18H2,1-5H3,(H,30,31). The van der Waals surface area contributed by atoms with Gasteiger partial charge in [-0.15, -0.1) is 0 Å². The second kappa shape index (κ2) is 15.3. The van der Waals surface area contributed by atoms with Crippen molar-refractivity contribution >= 4 is 5.97 Å². The molecule has 0 saturated carbocycles. The Labute approximate surface area is 191 Å². The first-order chi connectivity index (χ1) is 14.8. The fourth-order valence-electron chi connectivity index (χ4n) is 4.39. The molecule has 3 heteroatoms. The highest BCUT2D eigenvalue weighted by Crippen LogP contribution is 2.35. The molecule has 0 fully saturated rings. The molecule has 1 aromatic rings. The Morgan fingerprint density at radius 2 is 1.19 bits per heavy atom. The van der Waals surface area contributed by atoms with E-state index in [1.54, 1.807) is 0 Å². The van der Waals surface area contributed by atoms with E-state index in [0.29, 0.717) is 12.2 Å². The van der Waals surface area contributed by atoms with Crippen LogP contribution in [0.2, 0.25) is 0 Å². The molecule has 0 spiro atoms. The lowest BCUT2D eigenvalue weighted by Gasteiger charge is -2.19. The van der Waals surface area contributed by atoms with Crippen LogP contribution in [0.25, 0.3) is 0 Å². The number of aliphatic carboxylic acids is 1. The quantitative estimate of drug-likeness (QED) is 0.242. The Morgan fingerprint density at radius 3 is 1.58 bits per heavy atom. The van der Waals surface area contributed by atoms with Gasteiger partial charge < -0.3 is 10.2 Å². The number of carboxylic acid groups (broad SMARTS) is 1. The van der Waals surface area contributed by atoms with Crippen LogP contribution >= 0.6 is 0 Å². The highest BCUT2D eigenvalue weighted by molar-refractivity contribution is 5.70. The summed E-state index contributed by atoms with van der Waals surface area (Å²) in [7, 11) is 0. The van der Waals surface area contributed by atoms with Gasteiger partial charge in [0.2, 0.25) is 0 Å². The molecule has 178 valence electrons. The number of carboxylic acids is 1. The van der Waals surface area contributed by atoms with Crippen LogP contribution in [0, 0.1) is 5.92 Å². The number of benzene rings is 1. The lowest BCUT2D eigenvalue weighted by Crippen LogP contribution is -2.17. The topological polar surface area (TPSA) is 57.5 Å². The maximum atomic E-state index is 11.9. The van der Waals surface area contributed by atoms with E-state index < -0.39 is 5.97 Å². The van der Waals surface area contributed by atoms with Gasteiger partial charge in [-0.05, 0) is 41.4 Å². The summed E-state index contributed by atoms with van der Waals surface area (Å²) in [4.78, 5) is 11.9. The molecule has 0 amide bonds. The van der Waals surface area contributed by atoms with E-state index in [0.717, 1.165) is 36.0 Å². The van der Waals surface area contributed by atoms with Crippen LogP contribution in [0.3, 0.4) is 0 Å². The van der Waals surface area contributed by atoms with Gasteiger partial charge in [0.05, 0.1) is 5.92 Å². The molecule has 1 atom stereocenters. The molecule has 0 radical (unpaired) electrons. The van der Waals surface area contributed by atoms with Crippen molar-refractivity contribution in [2.45, 2.75) is 130 Å². The second-order valence-corrected chi connectivity index (χ2v) is 10.00. The first-order valence-electron chi connectivity index (χ1n) is 12.9. The minimum Gasteiger partial charge on any atom is -0.507 e. The normalized spacial score (nSPS) is 12.6. The number of carbonyl (C=O) groups is 1. The first-order valence-corrected chi connectivity index (χ1v) is 12.9. The summed E-state index contributed by atoms with van der Waals surface area (Å²) < 4.78 is 0. The molecule has 1 unspecified atom stereocenters. The van der Waals surface area contributed by atoms with E-state index >= 15 is 0 Å². The maximum absolute atomic E-state index is 11.9. The first kappa shape index (κ1) is 27.5. The van der Waals surface area contributed by atoms with E-state index in [1.165, 1.54) is 57.8 Å². The third kappa shape index (κ3) is 10.6. The van der Waals surface area contributed by atoms with Crippen LogP contribution in [0.4, 0.5) is 0 Å². The number of phenols is 1. The summed E-state index contributed by atoms with van der Waals surface area (Å²) in [6.07, 6.45) is 15.4. The molecular weight excluding hydrogens is 384 g/mol. The van der Waals surface area contributed by atoms with Gasteiger partial charge in [0.25, 0.3) is 0 Å². The van der Waals surface area contributed by atoms with E-state index in [9.17, 15) is 15.0 Å². The van der Waals surface area contributed by atoms with Gasteiger partial charge in [-0.3, -0.25) is 4.79 Å². The van der Waals surface area contributed by atoms with E-state index in [-0.39, 0.29) is 17.8 Å². The van der Waals surface area contributed by atoms with Crippen molar-refractivity contribution in [1.82, 2.24) is 0 Å². The van der Waals surface area contributed by atoms with E-state index in [1.807, 2.05) is 12.1 Å². The van der Waals surface area contributed by atoms with Crippen LogP contribution in [0.1, 0.15) is 140 Å². The van der Waals surface area contributed by atoms with Crippen LogP contribution in [0.5, 0.6) is 5.75 Å². The van der Waals surface area contributed by atoms with Crippen molar-refractivity contribution in [3.63, 3.8) is 0 Å². The summed E-state index contributed by atoms with van der Waals surface area (Å²) >= 11 is 0. The molecule has 2 N–H and O–H groups in total. The van der Waals surface area contributed by atoms with Crippen molar-refractivity contribution < 1.29 is 15.0 Å². The van der Waals surface area contributed by atoms with Crippen molar-refractivity contribution in [3.05, 3.63) is 28.8 Å². The molecule has 0 aromatic heterocycles. The molecule has 0 aliphatic heterocycles. The molecule has 3 nitrogen and oxygen atoms in total. The Bertz CT molecular complexity index is 604. The largest absolute Gasteiger partial charge is 0.507 e. The zero-order valence-corrected chi connectivity index (χ0v) is 20.9. The number of unbranched alkanes of at least 4 members (excludes halogenated alkanes) is 10. The molecule has 0 aliphatic carbocycles. The molecule has 1 aromatic carbocycles. The Hall–Kier alpha value is -1.51. The average Bonchev–Trinajstić information content (AvgIpc) is 2.71. The van der Waals surface area contributed by atoms with E-state index in [4.69, 9.17) is 0 Å². The lowest BCUT2D eigenvalue weighted by molar-refractivity contribution is -0.142. The molecule has 0 aliphatic rings. The minimum absolute atomic E-state index is 0.215. The summed E-state index contributed by atoms with van der Waals surface area (Å²) in [5.74, 6) is -0.230. The molecule has 1 rings (SSSR count). The van der Waals surface area contributed by atoms with E-state index in [2.05, 4.69) is 34.6 Å². The van der Waals surface area contributed by atoms with Crippen molar-refractivity contribution in [2.75, 3.05) is 0 Å². The van der Waals surface area contributed by atoms with Crippen LogP contribution in [0.15, 0.2) is 12.1 Å². The third-order valence-corrected chi connectivity index (χ3v) is 6.46. The zero-order valence-electron chi connectivity index (χ0n) is 20.9. The lowest BCUT2D eigenvalue weighted by atomic mass is 9.87. The predicted octanol–water partition coefficient (Wildman–Crippen LogP) is 8.58. The van der Waals surface area contributed by atoms with Gasteiger partial charge in [-0.25, -0.2) is 0 Å². The smallest absolute Gasteiger partial charge is 0.306 e. The fourth-order valence-corrected chi connectivity index (χ4v) is 4.39. The second-order valence-electron chi connectivity index (χ2n) is 10.00. The van der Waals surface area contributed by atoms with Gasteiger partial charge in [0, 0.05) is 0 Å². The Balaban J connectivity index is 2.47. The SMILES string of the molecule is CCCCCCCCCCCCCC(Cc1cc(C(C)C)c(O)c(C(C)C)c1)C(=O)O. The molecule has 0 bridgehead atoms. The maximum Gasteiger partial charge on any atom is 0.306 e.